The first-order valence-electron chi connectivity index (χ1n) is 10.4. The average Bonchev–Trinajstić information content (AvgIpc) is 3.46. The van der Waals surface area contributed by atoms with Crippen LogP contribution in [0.5, 0.6) is 0 Å². The van der Waals surface area contributed by atoms with E-state index in [0.717, 1.165) is 6.42 Å². The molecule has 1 saturated heterocycles. The van der Waals surface area contributed by atoms with Gasteiger partial charge in [-0.25, -0.2) is 0 Å². The molecule has 3 aromatic heterocycles. The molecule has 31 heavy (non-hydrogen) atoms. The summed E-state index contributed by atoms with van der Waals surface area (Å²) in [7, 11) is 0. The third-order valence-electron chi connectivity index (χ3n) is 5.22. The van der Waals surface area contributed by atoms with E-state index < -0.39 is 0 Å². The molecular weight excluding hydrogens is 412 g/mol. The standard InChI is InChI=1S/C21H24N8OS/c22-19-26-20(27-21-25-18(28-29(19)21)17-2-1-11-30-17)23-10-7-14-3-5-15(6-4-14)24-16-8-12-31-13-9-16/h1-6,11,16,24H,7-10,12-13H2,(H3,22,23,25,26,27,28). The summed E-state index contributed by atoms with van der Waals surface area (Å²) < 4.78 is 6.74. The predicted molar refractivity (Wildman–Crippen MR) is 123 cm³/mol. The highest BCUT2D eigenvalue weighted by molar-refractivity contribution is 7.99. The zero-order valence-electron chi connectivity index (χ0n) is 17.0. The van der Waals surface area contributed by atoms with Crippen molar-refractivity contribution in [3.05, 3.63) is 48.2 Å². The molecule has 0 saturated carbocycles. The predicted octanol–water partition coefficient (Wildman–Crippen LogP) is 3.32. The number of anilines is 3. The molecule has 4 aromatic rings. The van der Waals surface area contributed by atoms with Crippen LogP contribution in [0.15, 0.2) is 47.1 Å². The monoisotopic (exact) mass is 436 g/mol. The second kappa shape index (κ2) is 8.84. The largest absolute Gasteiger partial charge is 0.461 e. The topological polar surface area (TPSA) is 119 Å². The lowest BCUT2D eigenvalue weighted by Crippen LogP contribution is -2.24. The zero-order valence-corrected chi connectivity index (χ0v) is 17.8. The van der Waals surface area contributed by atoms with E-state index in [0.29, 0.717) is 35.9 Å². The van der Waals surface area contributed by atoms with Crippen molar-refractivity contribution in [3.63, 3.8) is 0 Å². The van der Waals surface area contributed by atoms with Gasteiger partial charge in [-0.2, -0.15) is 31.2 Å². The van der Waals surface area contributed by atoms with Crippen LogP contribution in [0.25, 0.3) is 17.4 Å². The number of fused-ring (bicyclic) bond motifs is 1. The number of thioether (sulfide) groups is 1. The van der Waals surface area contributed by atoms with Crippen molar-refractivity contribution in [1.82, 2.24) is 24.6 Å². The molecule has 0 amide bonds. The van der Waals surface area contributed by atoms with Crippen LogP contribution >= 0.6 is 11.8 Å². The SMILES string of the molecule is Nc1nc(NCCc2ccc(NC3CCSCC3)cc2)nc2nc(-c3ccco3)nn12. The maximum absolute atomic E-state index is 6.03. The van der Waals surface area contributed by atoms with Gasteiger partial charge < -0.3 is 20.8 Å². The van der Waals surface area contributed by atoms with Crippen molar-refractivity contribution in [2.45, 2.75) is 25.3 Å². The molecule has 4 N–H and O–H groups in total. The molecule has 0 bridgehead atoms. The number of nitrogen functional groups attached to an aromatic ring is 1. The van der Waals surface area contributed by atoms with Gasteiger partial charge in [-0.1, -0.05) is 12.1 Å². The molecule has 1 fully saturated rings. The second-order valence-corrected chi connectivity index (χ2v) is 8.66. The summed E-state index contributed by atoms with van der Waals surface area (Å²) in [6.45, 7) is 0.682. The molecule has 0 atom stereocenters. The van der Waals surface area contributed by atoms with Crippen LogP contribution in [0.2, 0.25) is 0 Å². The fourth-order valence-corrected chi connectivity index (χ4v) is 4.67. The Morgan fingerprint density at radius 2 is 1.94 bits per heavy atom. The van der Waals surface area contributed by atoms with E-state index in [1.54, 1.807) is 18.4 Å². The molecule has 5 rings (SSSR count). The molecule has 0 radical (unpaired) electrons. The first-order valence-corrected chi connectivity index (χ1v) is 11.5. The van der Waals surface area contributed by atoms with E-state index in [9.17, 15) is 0 Å². The number of nitrogens with one attached hydrogen (secondary N) is 2. The first kappa shape index (κ1) is 19.7. The number of aromatic nitrogens is 5. The van der Waals surface area contributed by atoms with Gasteiger partial charge >= 0.3 is 0 Å². The van der Waals surface area contributed by atoms with Gasteiger partial charge in [-0.3, -0.25) is 0 Å². The van der Waals surface area contributed by atoms with Gasteiger partial charge in [0.15, 0.2) is 5.76 Å². The number of hydrogen-bond acceptors (Lipinski definition) is 9. The summed E-state index contributed by atoms with van der Waals surface area (Å²) >= 11 is 2.04. The molecule has 4 heterocycles. The van der Waals surface area contributed by atoms with E-state index in [1.165, 1.54) is 40.1 Å². The van der Waals surface area contributed by atoms with Crippen LogP contribution in [0.1, 0.15) is 18.4 Å². The Hall–Kier alpha value is -3.27. The number of furan rings is 1. The summed E-state index contributed by atoms with van der Waals surface area (Å²) in [5.41, 5.74) is 8.46. The van der Waals surface area contributed by atoms with Crippen LogP contribution < -0.4 is 16.4 Å². The van der Waals surface area contributed by atoms with Crippen LogP contribution in [-0.2, 0) is 6.42 Å². The summed E-state index contributed by atoms with van der Waals surface area (Å²) in [4.78, 5) is 13.1. The van der Waals surface area contributed by atoms with Gasteiger partial charge in [-0.15, -0.1) is 5.10 Å². The smallest absolute Gasteiger partial charge is 0.259 e. The normalized spacial score (nSPS) is 14.7. The Balaban J connectivity index is 1.19. The molecule has 10 heteroatoms. The molecule has 0 spiro atoms. The summed E-state index contributed by atoms with van der Waals surface area (Å²) in [5.74, 6) is 4.49. The van der Waals surface area contributed by atoms with Gasteiger partial charge in [0, 0.05) is 18.3 Å². The van der Waals surface area contributed by atoms with Crippen LogP contribution in [0, 0.1) is 0 Å². The molecule has 9 nitrogen and oxygen atoms in total. The fourth-order valence-electron chi connectivity index (χ4n) is 3.56. The zero-order chi connectivity index (χ0) is 21.0. The summed E-state index contributed by atoms with van der Waals surface area (Å²) in [5, 5.41) is 11.2. The van der Waals surface area contributed by atoms with Crippen molar-refractivity contribution in [3.8, 4) is 11.6 Å². The van der Waals surface area contributed by atoms with Crippen molar-refractivity contribution >= 4 is 35.1 Å². The van der Waals surface area contributed by atoms with Crippen LogP contribution in [0.4, 0.5) is 17.6 Å². The molecule has 1 aliphatic heterocycles. The molecule has 160 valence electrons. The number of nitrogens with two attached hydrogens (primary N) is 1. The van der Waals surface area contributed by atoms with E-state index in [4.69, 9.17) is 10.2 Å². The Morgan fingerprint density at radius 3 is 2.71 bits per heavy atom. The van der Waals surface area contributed by atoms with Crippen molar-refractivity contribution in [1.29, 1.82) is 0 Å². The van der Waals surface area contributed by atoms with Crippen molar-refractivity contribution in [2.75, 3.05) is 34.4 Å². The number of rotatable bonds is 7. The molecular formula is C21H24N8OS. The second-order valence-electron chi connectivity index (χ2n) is 7.43. The Labute approximate surface area is 183 Å². The van der Waals surface area contributed by atoms with Gasteiger partial charge in [-0.05, 0) is 60.6 Å². The Morgan fingerprint density at radius 1 is 1.10 bits per heavy atom. The third kappa shape index (κ3) is 4.58. The van der Waals surface area contributed by atoms with E-state index in [1.807, 2.05) is 11.8 Å². The third-order valence-corrected chi connectivity index (χ3v) is 6.27. The summed E-state index contributed by atoms with van der Waals surface area (Å²) in [6.07, 6.45) is 4.89. The lowest BCUT2D eigenvalue weighted by Gasteiger charge is -2.23. The highest BCUT2D eigenvalue weighted by atomic mass is 32.2. The minimum absolute atomic E-state index is 0.217. The van der Waals surface area contributed by atoms with Crippen LogP contribution in [-0.4, -0.2) is 48.7 Å². The molecule has 0 aliphatic carbocycles. The number of hydrogen-bond donors (Lipinski definition) is 3. The average molecular weight is 437 g/mol. The van der Waals surface area contributed by atoms with E-state index in [-0.39, 0.29) is 5.95 Å². The quantitative estimate of drug-likeness (QED) is 0.401. The maximum Gasteiger partial charge on any atom is 0.259 e. The Bertz CT molecular complexity index is 1140. The van der Waals surface area contributed by atoms with Gasteiger partial charge in [0.2, 0.25) is 17.7 Å². The Kier molecular flexibility index (Phi) is 5.61. The maximum atomic E-state index is 6.03. The molecule has 1 aliphatic rings. The van der Waals surface area contributed by atoms with Crippen molar-refractivity contribution < 1.29 is 4.42 Å². The minimum Gasteiger partial charge on any atom is -0.461 e. The summed E-state index contributed by atoms with van der Waals surface area (Å²) in [6, 6.07) is 12.8. The number of benzene rings is 1. The highest BCUT2D eigenvalue weighted by Crippen LogP contribution is 2.21. The van der Waals surface area contributed by atoms with Crippen LogP contribution in [0.3, 0.4) is 0 Å². The van der Waals surface area contributed by atoms with E-state index >= 15 is 0 Å². The van der Waals surface area contributed by atoms with E-state index in [2.05, 4.69) is 54.9 Å². The fraction of sp³-hybridized carbons (Fsp3) is 0.333. The lowest BCUT2D eigenvalue weighted by atomic mass is 10.1. The van der Waals surface area contributed by atoms with Crippen molar-refractivity contribution in [2.24, 2.45) is 0 Å². The highest BCUT2D eigenvalue weighted by Gasteiger charge is 2.14. The minimum atomic E-state index is 0.217. The molecule has 0 unspecified atom stereocenters. The first-order chi connectivity index (χ1) is 15.2. The van der Waals surface area contributed by atoms with Gasteiger partial charge in [0.25, 0.3) is 5.78 Å². The number of nitrogens with zero attached hydrogens (tertiary/aromatic N) is 5. The van der Waals surface area contributed by atoms with Gasteiger partial charge in [0.1, 0.15) is 0 Å². The lowest BCUT2D eigenvalue weighted by molar-refractivity contribution is 0.577. The van der Waals surface area contributed by atoms with Gasteiger partial charge in [0.05, 0.1) is 6.26 Å². The molecule has 1 aromatic carbocycles.